The van der Waals surface area contributed by atoms with Gasteiger partial charge in [0.2, 0.25) is 0 Å². The molecule has 2 aliphatic carbocycles. The fraction of sp³-hybridized carbons (Fsp3) is 0.562. The topological polar surface area (TPSA) is 17.8 Å². The van der Waals surface area contributed by atoms with Crippen LogP contribution in [0.25, 0.3) is 11.3 Å². The highest BCUT2D eigenvalue weighted by Crippen LogP contribution is 2.60. The first-order valence-corrected chi connectivity index (χ1v) is 8.34. The molecule has 0 N–H and O–H groups in total. The van der Waals surface area contributed by atoms with Gasteiger partial charge in [-0.3, -0.25) is 0 Å². The molecule has 1 aliphatic heterocycles. The minimum Gasteiger partial charge on any atom is -0.322 e. The van der Waals surface area contributed by atoms with Crippen molar-refractivity contribution in [2.75, 3.05) is 0 Å². The summed E-state index contributed by atoms with van der Waals surface area (Å²) in [5.74, 6) is 0.832. The third-order valence-electron chi connectivity index (χ3n) is 5.70. The Morgan fingerprint density at radius 3 is 2.84 bits per heavy atom. The van der Waals surface area contributed by atoms with Crippen LogP contribution in [0.15, 0.2) is 24.0 Å². The number of hydrogen-bond acceptors (Lipinski definition) is 2. The van der Waals surface area contributed by atoms with Crippen molar-refractivity contribution in [2.24, 2.45) is 11.3 Å². The lowest BCUT2D eigenvalue weighted by Gasteiger charge is -2.33. The molecule has 98 valence electrons. The van der Waals surface area contributed by atoms with Crippen molar-refractivity contribution in [1.29, 1.82) is 0 Å². The monoisotopic (exact) mass is 270 g/mol. The van der Waals surface area contributed by atoms with Gasteiger partial charge in [0.15, 0.2) is 0 Å². The Labute approximate surface area is 117 Å². The molecule has 2 saturated carbocycles. The Morgan fingerprint density at radius 1 is 1.21 bits per heavy atom. The summed E-state index contributed by atoms with van der Waals surface area (Å²) in [5.41, 5.74) is 3.58. The minimum absolute atomic E-state index is 0.587. The fourth-order valence-corrected chi connectivity index (χ4v) is 5.40. The van der Waals surface area contributed by atoms with E-state index >= 15 is 0 Å². The molecule has 3 heteroatoms. The van der Waals surface area contributed by atoms with Crippen LogP contribution in [0.5, 0.6) is 0 Å². The predicted octanol–water partition coefficient (Wildman–Crippen LogP) is 4.48. The SMILES string of the molecule is c1cc2c(s1)[C@H](C1CCC3(CC1)CC3)n1cncc1-2. The number of nitrogens with zero attached hydrogens (tertiary/aromatic N) is 2. The number of fused-ring (bicyclic) bond motifs is 3. The van der Waals surface area contributed by atoms with Crippen molar-refractivity contribution in [1.82, 2.24) is 9.55 Å². The summed E-state index contributed by atoms with van der Waals surface area (Å²) in [6, 6.07) is 2.86. The average Bonchev–Trinajstić information content (AvgIpc) is 2.85. The van der Waals surface area contributed by atoms with E-state index in [9.17, 15) is 0 Å². The molecule has 1 atom stereocenters. The number of thiophene rings is 1. The van der Waals surface area contributed by atoms with Gasteiger partial charge in [0.05, 0.1) is 24.3 Å². The Morgan fingerprint density at radius 2 is 2.05 bits per heavy atom. The van der Waals surface area contributed by atoms with Gasteiger partial charge < -0.3 is 4.57 Å². The van der Waals surface area contributed by atoms with Crippen molar-refractivity contribution < 1.29 is 0 Å². The van der Waals surface area contributed by atoms with Crippen molar-refractivity contribution in [2.45, 2.75) is 44.6 Å². The summed E-state index contributed by atoms with van der Waals surface area (Å²) in [4.78, 5) is 5.97. The predicted molar refractivity (Wildman–Crippen MR) is 77.3 cm³/mol. The average molecular weight is 270 g/mol. The minimum atomic E-state index is 0.587. The van der Waals surface area contributed by atoms with Crippen molar-refractivity contribution in [3.05, 3.63) is 28.8 Å². The maximum Gasteiger partial charge on any atom is 0.0957 e. The highest BCUT2D eigenvalue weighted by atomic mass is 32.1. The van der Waals surface area contributed by atoms with Gasteiger partial charge >= 0.3 is 0 Å². The van der Waals surface area contributed by atoms with Crippen LogP contribution in [0, 0.1) is 11.3 Å². The van der Waals surface area contributed by atoms with Crippen LogP contribution in [0.2, 0.25) is 0 Å². The molecule has 2 aromatic heterocycles. The number of rotatable bonds is 1. The van der Waals surface area contributed by atoms with E-state index in [-0.39, 0.29) is 0 Å². The fourth-order valence-electron chi connectivity index (χ4n) is 4.31. The Hall–Kier alpha value is -1.09. The second-order valence-corrected chi connectivity index (χ2v) is 7.61. The highest BCUT2D eigenvalue weighted by molar-refractivity contribution is 7.10. The molecule has 0 unspecified atom stereocenters. The third kappa shape index (κ3) is 1.40. The van der Waals surface area contributed by atoms with Crippen LogP contribution in [-0.2, 0) is 0 Å². The lowest BCUT2D eigenvalue weighted by molar-refractivity contribution is 0.218. The zero-order valence-corrected chi connectivity index (χ0v) is 11.8. The molecule has 19 heavy (non-hydrogen) atoms. The van der Waals surface area contributed by atoms with Crippen molar-refractivity contribution in [3.8, 4) is 11.3 Å². The zero-order chi connectivity index (χ0) is 12.4. The van der Waals surface area contributed by atoms with Crippen LogP contribution in [0.1, 0.15) is 49.4 Å². The molecular formula is C16H18N2S. The first-order valence-electron chi connectivity index (χ1n) is 7.46. The Kier molecular flexibility index (Phi) is 1.97. The zero-order valence-electron chi connectivity index (χ0n) is 11.0. The number of aromatic nitrogens is 2. The summed E-state index contributed by atoms with van der Waals surface area (Å²) >= 11 is 1.94. The molecule has 0 bridgehead atoms. The van der Waals surface area contributed by atoms with Crippen LogP contribution in [0.4, 0.5) is 0 Å². The maximum atomic E-state index is 4.38. The van der Waals surface area contributed by atoms with Gasteiger partial charge in [-0.15, -0.1) is 11.3 Å². The van der Waals surface area contributed by atoms with Gasteiger partial charge in [0.25, 0.3) is 0 Å². The third-order valence-corrected chi connectivity index (χ3v) is 6.69. The quantitative estimate of drug-likeness (QED) is 0.747. The molecule has 0 amide bonds. The smallest absolute Gasteiger partial charge is 0.0957 e. The second kappa shape index (κ2) is 3.51. The van der Waals surface area contributed by atoms with E-state index in [1.807, 2.05) is 23.9 Å². The van der Waals surface area contributed by atoms with Crippen LogP contribution in [-0.4, -0.2) is 9.55 Å². The van der Waals surface area contributed by atoms with Crippen molar-refractivity contribution in [3.63, 3.8) is 0 Å². The Balaban J connectivity index is 1.52. The van der Waals surface area contributed by atoms with Gasteiger partial charge in [-0.2, -0.15) is 0 Å². The summed E-state index contributed by atoms with van der Waals surface area (Å²) in [6.45, 7) is 0. The van der Waals surface area contributed by atoms with Crippen LogP contribution in [0.3, 0.4) is 0 Å². The van der Waals surface area contributed by atoms with Gasteiger partial charge in [0, 0.05) is 10.4 Å². The molecule has 2 aromatic rings. The van der Waals surface area contributed by atoms with Gasteiger partial charge in [-0.1, -0.05) is 0 Å². The van der Waals surface area contributed by atoms with E-state index in [1.165, 1.54) is 49.8 Å². The lowest BCUT2D eigenvalue weighted by atomic mass is 9.76. The van der Waals surface area contributed by atoms with E-state index in [2.05, 4.69) is 21.0 Å². The summed E-state index contributed by atoms with van der Waals surface area (Å²) in [7, 11) is 0. The molecule has 2 fully saturated rings. The first kappa shape index (κ1) is 10.7. The molecule has 0 radical (unpaired) electrons. The number of imidazole rings is 1. The molecule has 3 heterocycles. The van der Waals surface area contributed by atoms with Gasteiger partial charge in [-0.25, -0.2) is 4.98 Å². The molecular weight excluding hydrogens is 252 g/mol. The lowest BCUT2D eigenvalue weighted by Crippen LogP contribution is -2.23. The highest BCUT2D eigenvalue weighted by Gasteiger charge is 2.47. The van der Waals surface area contributed by atoms with E-state index in [0.29, 0.717) is 6.04 Å². The summed E-state index contributed by atoms with van der Waals surface area (Å²) in [5, 5.41) is 2.25. The van der Waals surface area contributed by atoms with E-state index in [4.69, 9.17) is 0 Å². The summed E-state index contributed by atoms with van der Waals surface area (Å²) < 4.78 is 2.44. The molecule has 2 nitrogen and oxygen atoms in total. The first-order chi connectivity index (χ1) is 9.36. The standard InChI is InChI=1S/C16H18N2S/c1-4-16(6-7-16)5-2-11(1)14-15-12(3-8-19-15)13-9-17-10-18(13)14/h3,8-11,14H,1-2,4-7H2/t14-/m0/s1. The van der Waals surface area contributed by atoms with Crippen LogP contribution >= 0.6 is 11.3 Å². The molecule has 0 aromatic carbocycles. The molecule has 3 aliphatic rings. The normalized spacial score (nSPS) is 27.5. The second-order valence-electron chi connectivity index (χ2n) is 6.67. The van der Waals surface area contributed by atoms with E-state index in [1.54, 1.807) is 4.88 Å². The van der Waals surface area contributed by atoms with E-state index < -0.39 is 0 Å². The van der Waals surface area contributed by atoms with E-state index in [0.717, 1.165) is 11.3 Å². The largest absolute Gasteiger partial charge is 0.322 e. The van der Waals surface area contributed by atoms with Crippen molar-refractivity contribution >= 4 is 11.3 Å². The number of hydrogen-bond donors (Lipinski definition) is 0. The van der Waals surface area contributed by atoms with Gasteiger partial charge in [-0.05, 0) is 61.3 Å². The maximum absolute atomic E-state index is 4.38. The summed E-state index contributed by atoms with van der Waals surface area (Å²) in [6.07, 6.45) is 12.9. The molecule has 5 rings (SSSR count). The molecule has 1 spiro atoms. The van der Waals surface area contributed by atoms with Gasteiger partial charge in [0.1, 0.15) is 0 Å². The molecule has 0 saturated heterocycles. The Bertz CT molecular complexity index is 584. The van der Waals surface area contributed by atoms with Crippen LogP contribution < -0.4 is 0 Å².